The Labute approximate surface area is 75.6 Å². The summed E-state index contributed by atoms with van der Waals surface area (Å²) in [7, 11) is 0. The minimum Gasteiger partial charge on any atom is -0.363 e. The third-order valence-electron chi connectivity index (χ3n) is 0.936. The van der Waals surface area contributed by atoms with E-state index in [1.807, 2.05) is 0 Å². The van der Waals surface area contributed by atoms with Crippen LogP contribution < -0.4 is 5.32 Å². The minimum atomic E-state index is 0. The Balaban J connectivity index is 0.000000810. The summed E-state index contributed by atoms with van der Waals surface area (Å²) in [5, 5.41) is 4.10. The van der Waals surface area contributed by atoms with Crippen LogP contribution in [0.5, 0.6) is 0 Å². The highest BCUT2D eigenvalue weighted by atomic mass is 79.9. The maximum absolute atomic E-state index is 5.05. The van der Waals surface area contributed by atoms with E-state index in [-0.39, 0.29) is 17.0 Å². The average Bonchev–Trinajstić information content (AvgIpc) is 2.34. The number of terminal acetylenes is 1. The maximum atomic E-state index is 5.05. The van der Waals surface area contributed by atoms with Gasteiger partial charge in [-0.2, -0.15) is 0 Å². The van der Waals surface area contributed by atoms with Crippen LogP contribution in [0.1, 0.15) is 0 Å². The number of aliphatic imine (C=N–C) groups is 1. The van der Waals surface area contributed by atoms with Crippen molar-refractivity contribution in [2.45, 2.75) is 0 Å². The number of nitrogens with one attached hydrogen (secondary N) is 1. The molecule has 0 spiro atoms. The summed E-state index contributed by atoms with van der Waals surface area (Å²) < 4.78 is 0. The Morgan fingerprint density at radius 2 is 2.60 bits per heavy atom. The average molecular weight is 221 g/mol. The first-order chi connectivity index (χ1) is 4.43. The molecule has 0 atom stereocenters. The van der Waals surface area contributed by atoms with Crippen LogP contribution in [0, 0.1) is 12.3 Å². The van der Waals surface area contributed by atoms with Crippen LogP contribution in [0.25, 0.3) is 0 Å². The molecule has 0 fully saturated rings. The quantitative estimate of drug-likeness (QED) is 0.665. The van der Waals surface area contributed by atoms with Gasteiger partial charge in [0.2, 0.25) is 0 Å². The maximum Gasteiger partial charge on any atom is 0.157 e. The molecule has 0 saturated heterocycles. The van der Waals surface area contributed by atoms with Crippen LogP contribution in [-0.2, 0) is 0 Å². The molecule has 0 aromatic rings. The van der Waals surface area contributed by atoms with Gasteiger partial charge in [-0.3, -0.25) is 4.99 Å². The predicted octanol–water partition coefficient (Wildman–Crippen LogP) is 0.890. The van der Waals surface area contributed by atoms with Crippen LogP contribution in [0.15, 0.2) is 4.99 Å². The zero-order valence-electron chi connectivity index (χ0n) is 5.46. The van der Waals surface area contributed by atoms with Crippen molar-refractivity contribution in [3.8, 4) is 12.3 Å². The zero-order chi connectivity index (χ0) is 6.53. The number of rotatable bonds is 1. The van der Waals surface area contributed by atoms with E-state index < -0.39 is 0 Å². The molecular formula is C6H9BrN2S. The molecule has 1 N–H and O–H groups in total. The van der Waals surface area contributed by atoms with Crippen molar-refractivity contribution < 1.29 is 0 Å². The number of hydrogen-bond donors (Lipinski definition) is 1. The van der Waals surface area contributed by atoms with Gasteiger partial charge in [0, 0.05) is 6.54 Å². The van der Waals surface area contributed by atoms with Crippen LogP contribution in [0.2, 0.25) is 0 Å². The topological polar surface area (TPSA) is 24.4 Å². The Morgan fingerprint density at radius 3 is 3.10 bits per heavy atom. The first kappa shape index (κ1) is 9.86. The van der Waals surface area contributed by atoms with Gasteiger partial charge in [0.05, 0.1) is 12.3 Å². The van der Waals surface area contributed by atoms with Gasteiger partial charge < -0.3 is 5.32 Å². The van der Waals surface area contributed by atoms with Crippen LogP contribution in [0.4, 0.5) is 0 Å². The molecule has 1 heterocycles. The van der Waals surface area contributed by atoms with Gasteiger partial charge in [-0.05, 0) is 0 Å². The highest BCUT2D eigenvalue weighted by Crippen LogP contribution is 2.02. The molecule has 0 aromatic carbocycles. The monoisotopic (exact) mass is 220 g/mol. The molecule has 4 heteroatoms. The molecule has 56 valence electrons. The molecule has 0 aliphatic carbocycles. The number of nitrogens with zero attached hydrogens (tertiary/aromatic N) is 1. The predicted molar refractivity (Wildman–Crippen MR) is 51.9 cm³/mol. The van der Waals surface area contributed by atoms with Crippen molar-refractivity contribution in [3.63, 3.8) is 0 Å². The lowest BCUT2D eigenvalue weighted by Crippen LogP contribution is -2.15. The van der Waals surface area contributed by atoms with Crippen molar-refractivity contribution in [1.82, 2.24) is 5.32 Å². The Hall–Kier alpha value is -0.140. The Bertz CT molecular complexity index is 162. The molecule has 1 aliphatic rings. The summed E-state index contributed by atoms with van der Waals surface area (Å²) in [6.45, 7) is 1.86. The largest absolute Gasteiger partial charge is 0.363 e. The van der Waals surface area contributed by atoms with Crippen molar-refractivity contribution in [2.24, 2.45) is 4.99 Å². The second-order valence-corrected chi connectivity index (χ2v) is 2.57. The summed E-state index contributed by atoms with van der Waals surface area (Å²) >= 11 is 1.59. The van der Waals surface area contributed by atoms with Crippen LogP contribution >= 0.6 is 28.7 Å². The molecular weight excluding hydrogens is 212 g/mol. The fourth-order valence-corrected chi connectivity index (χ4v) is 1.19. The van der Waals surface area contributed by atoms with E-state index in [4.69, 9.17) is 6.42 Å². The summed E-state index contributed by atoms with van der Waals surface area (Å²) in [6.07, 6.45) is 5.05. The molecule has 0 bridgehead atoms. The lowest BCUT2D eigenvalue weighted by Gasteiger charge is -1.94. The lowest BCUT2D eigenvalue weighted by molar-refractivity contribution is 0.963. The summed E-state index contributed by atoms with van der Waals surface area (Å²) in [5.41, 5.74) is 0. The minimum absolute atomic E-state index is 0. The third-order valence-corrected chi connectivity index (χ3v) is 1.79. The molecule has 2 nitrogen and oxygen atoms in total. The van der Waals surface area contributed by atoms with E-state index in [2.05, 4.69) is 16.2 Å². The molecule has 0 radical (unpaired) electrons. The second kappa shape index (κ2) is 5.63. The normalized spacial score (nSPS) is 14.5. The van der Waals surface area contributed by atoms with Gasteiger partial charge in [0.15, 0.2) is 5.17 Å². The highest BCUT2D eigenvalue weighted by Gasteiger charge is 2.02. The van der Waals surface area contributed by atoms with Gasteiger partial charge in [0.25, 0.3) is 0 Å². The molecule has 0 saturated carbocycles. The first-order valence-electron chi connectivity index (χ1n) is 2.78. The Morgan fingerprint density at radius 1 is 1.80 bits per heavy atom. The molecule has 0 amide bonds. The number of amidine groups is 1. The van der Waals surface area contributed by atoms with Gasteiger partial charge in [-0.1, -0.05) is 17.7 Å². The smallest absolute Gasteiger partial charge is 0.157 e. The van der Waals surface area contributed by atoms with Gasteiger partial charge >= 0.3 is 0 Å². The summed E-state index contributed by atoms with van der Waals surface area (Å²) in [5.74, 6) is 3.25. The van der Waals surface area contributed by atoms with E-state index >= 15 is 0 Å². The number of hydrogen-bond acceptors (Lipinski definition) is 3. The zero-order valence-corrected chi connectivity index (χ0v) is 7.99. The molecule has 10 heavy (non-hydrogen) atoms. The van der Waals surface area contributed by atoms with Crippen LogP contribution in [-0.4, -0.2) is 24.0 Å². The SMILES string of the molecule is Br.C#CCSC1=NCCN1. The number of halogens is 1. The highest BCUT2D eigenvalue weighted by molar-refractivity contribution is 8.93. The third kappa shape index (κ3) is 3.14. The first-order valence-corrected chi connectivity index (χ1v) is 3.76. The van der Waals surface area contributed by atoms with Crippen molar-refractivity contribution in [1.29, 1.82) is 0 Å². The van der Waals surface area contributed by atoms with E-state index in [1.54, 1.807) is 11.8 Å². The van der Waals surface area contributed by atoms with Crippen molar-refractivity contribution in [3.05, 3.63) is 0 Å². The Kier molecular flexibility index (Phi) is 5.55. The van der Waals surface area contributed by atoms with Gasteiger partial charge in [-0.25, -0.2) is 0 Å². The van der Waals surface area contributed by atoms with Crippen LogP contribution in [0.3, 0.4) is 0 Å². The van der Waals surface area contributed by atoms with Gasteiger partial charge in [0.1, 0.15) is 0 Å². The van der Waals surface area contributed by atoms with E-state index in [0.717, 1.165) is 18.3 Å². The van der Waals surface area contributed by atoms with E-state index in [1.165, 1.54) is 0 Å². The van der Waals surface area contributed by atoms with E-state index in [0.29, 0.717) is 5.75 Å². The molecule has 1 aliphatic heterocycles. The fourth-order valence-electron chi connectivity index (χ4n) is 0.583. The molecule has 0 aromatic heterocycles. The molecule has 0 unspecified atom stereocenters. The summed E-state index contributed by atoms with van der Waals surface area (Å²) in [4.78, 5) is 4.15. The van der Waals surface area contributed by atoms with Crippen molar-refractivity contribution >= 4 is 33.9 Å². The van der Waals surface area contributed by atoms with E-state index in [9.17, 15) is 0 Å². The van der Waals surface area contributed by atoms with Crippen molar-refractivity contribution in [2.75, 3.05) is 18.8 Å². The summed E-state index contributed by atoms with van der Waals surface area (Å²) in [6, 6.07) is 0. The fraction of sp³-hybridized carbons (Fsp3) is 0.500. The standard InChI is InChI=1S/C6H8N2S.BrH/c1-2-5-9-6-7-3-4-8-6;/h1H,3-5H2,(H,7,8);1H. The van der Waals surface area contributed by atoms with Gasteiger partial charge in [-0.15, -0.1) is 23.4 Å². The number of thioether (sulfide) groups is 1. The molecule has 1 rings (SSSR count). The second-order valence-electron chi connectivity index (χ2n) is 1.61. The lowest BCUT2D eigenvalue weighted by atomic mass is 10.7.